The van der Waals surface area contributed by atoms with Crippen LogP contribution in [0.4, 0.5) is 13.2 Å². The number of alkyl halides is 3. The third-order valence-corrected chi connectivity index (χ3v) is 4.15. The maximum atomic E-state index is 12.6. The largest absolute Gasteiger partial charge is 0.417 e. The van der Waals surface area contributed by atoms with Gasteiger partial charge in [-0.25, -0.2) is 8.42 Å². The summed E-state index contributed by atoms with van der Waals surface area (Å²) in [5.74, 6) is -0.253. The van der Waals surface area contributed by atoms with Crippen molar-refractivity contribution >= 4 is 9.84 Å². The van der Waals surface area contributed by atoms with Crippen LogP contribution in [0, 0.1) is 0 Å². The molecule has 17 heavy (non-hydrogen) atoms. The molecule has 1 aromatic rings. The Morgan fingerprint density at radius 3 is 2.29 bits per heavy atom. The van der Waals surface area contributed by atoms with Crippen LogP contribution < -0.4 is 0 Å². The average molecular weight is 266 g/mol. The Morgan fingerprint density at radius 1 is 1.18 bits per heavy atom. The van der Waals surface area contributed by atoms with E-state index in [1.165, 1.54) is 12.1 Å². The summed E-state index contributed by atoms with van der Waals surface area (Å²) in [7, 11) is -3.86. The minimum absolute atomic E-state index is 0.253. The van der Waals surface area contributed by atoms with Crippen LogP contribution in [0.25, 0.3) is 0 Å². The van der Waals surface area contributed by atoms with Crippen molar-refractivity contribution in [2.75, 3.05) is 5.75 Å². The summed E-state index contributed by atoms with van der Waals surface area (Å²) >= 11 is 0. The predicted octanol–water partition coefficient (Wildman–Crippen LogP) is 3.28. The molecule has 0 atom stereocenters. The van der Waals surface area contributed by atoms with Gasteiger partial charge in [0.15, 0.2) is 9.84 Å². The molecule has 0 N–H and O–H groups in total. The second-order valence-electron chi connectivity index (χ2n) is 3.67. The Kier molecular flexibility index (Phi) is 4.19. The van der Waals surface area contributed by atoms with Gasteiger partial charge >= 0.3 is 6.18 Å². The van der Waals surface area contributed by atoms with Gasteiger partial charge in [0.25, 0.3) is 0 Å². The van der Waals surface area contributed by atoms with E-state index in [0.717, 1.165) is 12.1 Å². The zero-order valence-electron chi connectivity index (χ0n) is 9.29. The maximum Gasteiger partial charge on any atom is 0.417 e. The minimum Gasteiger partial charge on any atom is -0.224 e. The molecule has 0 unspecified atom stereocenters. The summed E-state index contributed by atoms with van der Waals surface area (Å²) in [6, 6.07) is 4.28. The minimum atomic E-state index is -4.64. The Morgan fingerprint density at radius 2 is 1.76 bits per heavy atom. The highest BCUT2D eigenvalue weighted by molar-refractivity contribution is 7.91. The molecule has 6 heteroatoms. The Balaban J connectivity index is 3.23. The molecule has 0 aliphatic carbocycles. The van der Waals surface area contributed by atoms with E-state index in [-0.39, 0.29) is 5.75 Å². The van der Waals surface area contributed by atoms with Crippen molar-refractivity contribution in [3.05, 3.63) is 29.8 Å². The van der Waals surface area contributed by atoms with Crippen LogP contribution in [0.3, 0.4) is 0 Å². The number of benzene rings is 1. The van der Waals surface area contributed by atoms with Crippen LogP contribution in [0.1, 0.15) is 25.3 Å². The summed E-state index contributed by atoms with van der Waals surface area (Å²) in [6.07, 6.45) is -3.67. The highest BCUT2D eigenvalue weighted by atomic mass is 32.2. The zero-order chi connectivity index (χ0) is 13.1. The first kappa shape index (κ1) is 14.0. The Bertz CT molecular complexity index is 478. The van der Waals surface area contributed by atoms with Gasteiger partial charge in [-0.15, -0.1) is 0 Å². The number of rotatable bonds is 4. The Hall–Kier alpha value is -1.04. The lowest BCUT2D eigenvalue weighted by Crippen LogP contribution is -2.15. The first-order valence-electron chi connectivity index (χ1n) is 5.18. The number of unbranched alkanes of at least 4 members (excludes halogenated alkanes) is 1. The molecule has 0 saturated heterocycles. The fraction of sp³-hybridized carbons (Fsp3) is 0.455. The van der Waals surface area contributed by atoms with E-state index in [0.29, 0.717) is 12.8 Å². The zero-order valence-corrected chi connectivity index (χ0v) is 10.1. The molecule has 0 spiro atoms. The maximum absolute atomic E-state index is 12.6. The quantitative estimate of drug-likeness (QED) is 0.838. The van der Waals surface area contributed by atoms with E-state index in [2.05, 4.69) is 0 Å². The van der Waals surface area contributed by atoms with E-state index in [9.17, 15) is 21.6 Å². The molecule has 96 valence electrons. The van der Waals surface area contributed by atoms with Crippen molar-refractivity contribution in [1.82, 2.24) is 0 Å². The summed E-state index contributed by atoms with van der Waals surface area (Å²) in [5.41, 5.74) is -1.09. The van der Waals surface area contributed by atoms with E-state index >= 15 is 0 Å². The second-order valence-corrected chi connectivity index (χ2v) is 5.74. The van der Waals surface area contributed by atoms with Crippen molar-refractivity contribution in [1.29, 1.82) is 0 Å². The molecule has 0 radical (unpaired) electrons. The third-order valence-electron chi connectivity index (χ3n) is 2.29. The van der Waals surface area contributed by atoms with Gasteiger partial charge in [0.05, 0.1) is 16.2 Å². The van der Waals surface area contributed by atoms with Crippen LogP contribution >= 0.6 is 0 Å². The van der Waals surface area contributed by atoms with E-state index in [1.54, 1.807) is 6.92 Å². The number of hydrogen-bond acceptors (Lipinski definition) is 2. The first-order chi connectivity index (χ1) is 7.79. The summed E-state index contributed by atoms with van der Waals surface area (Å²) < 4.78 is 61.4. The van der Waals surface area contributed by atoms with Crippen molar-refractivity contribution in [3.8, 4) is 0 Å². The van der Waals surface area contributed by atoms with Gasteiger partial charge in [-0.1, -0.05) is 25.5 Å². The molecule has 0 aliphatic heterocycles. The topological polar surface area (TPSA) is 34.1 Å². The number of sulfone groups is 1. The summed E-state index contributed by atoms with van der Waals surface area (Å²) in [5, 5.41) is 0. The predicted molar refractivity (Wildman–Crippen MR) is 58.4 cm³/mol. The fourth-order valence-corrected chi connectivity index (χ4v) is 3.11. The van der Waals surface area contributed by atoms with Gasteiger partial charge in [0.1, 0.15) is 0 Å². The summed E-state index contributed by atoms with van der Waals surface area (Å²) in [4.78, 5) is -0.624. The standard InChI is InChI=1S/C11H13F3O2S/c1-2-3-8-17(15,16)10-7-5-4-6-9(10)11(12,13)14/h4-7H,2-3,8H2,1H3. The molecule has 1 aromatic carbocycles. The van der Waals surface area contributed by atoms with Crippen LogP contribution in [0.15, 0.2) is 29.2 Å². The monoisotopic (exact) mass is 266 g/mol. The SMILES string of the molecule is CCCCS(=O)(=O)c1ccccc1C(F)(F)F. The van der Waals surface area contributed by atoms with Crippen molar-refractivity contribution in [2.24, 2.45) is 0 Å². The van der Waals surface area contributed by atoms with E-state index in [1.807, 2.05) is 0 Å². The third kappa shape index (κ3) is 3.46. The van der Waals surface area contributed by atoms with Crippen molar-refractivity contribution in [2.45, 2.75) is 30.8 Å². The Labute approximate surface area is 98.4 Å². The molecular weight excluding hydrogens is 253 g/mol. The number of hydrogen-bond donors (Lipinski definition) is 0. The van der Waals surface area contributed by atoms with E-state index in [4.69, 9.17) is 0 Å². The lowest BCUT2D eigenvalue weighted by atomic mass is 10.2. The highest BCUT2D eigenvalue weighted by Gasteiger charge is 2.36. The van der Waals surface area contributed by atoms with Gasteiger partial charge in [0, 0.05) is 0 Å². The van der Waals surface area contributed by atoms with Gasteiger partial charge in [-0.05, 0) is 18.6 Å². The second kappa shape index (κ2) is 5.08. The van der Waals surface area contributed by atoms with Crippen LogP contribution in [0.5, 0.6) is 0 Å². The molecule has 1 rings (SSSR count). The van der Waals surface area contributed by atoms with Gasteiger partial charge in [-0.3, -0.25) is 0 Å². The van der Waals surface area contributed by atoms with Gasteiger partial charge in [-0.2, -0.15) is 13.2 Å². The summed E-state index contributed by atoms with van der Waals surface area (Å²) in [6.45, 7) is 1.78. The van der Waals surface area contributed by atoms with Gasteiger partial charge < -0.3 is 0 Å². The normalized spacial score (nSPS) is 12.7. The van der Waals surface area contributed by atoms with Crippen LogP contribution in [0.2, 0.25) is 0 Å². The molecule has 0 aliphatic rings. The lowest BCUT2D eigenvalue weighted by Gasteiger charge is -2.12. The van der Waals surface area contributed by atoms with Crippen molar-refractivity contribution < 1.29 is 21.6 Å². The average Bonchev–Trinajstić information content (AvgIpc) is 2.25. The smallest absolute Gasteiger partial charge is 0.224 e. The van der Waals surface area contributed by atoms with Crippen molar-refractivity contribution in [3.63, 3.8) is 0 Å². The molecule has 0 saturated carbocycles. The fourth-order valence-electron chi connectivity index (χ4n) is 1.42. The molecular formula is C11H13F3O2S. The van der Waals surface area contributed by atoms with Crippen LogP contribution in [-0.4, -0.2) is 14.2 Å². The molecule has 0 aromatic heterocycles. The van der Waals surface area contributed by atoms with Gasteiger partial charge in [0.2, 0.25) is 0 Å². The number of halogens is 3. The van der Waals surface area contributed by atoms with Crippen LogP contribution in [-0.2, 0) is 16.0 Å². The first-order valence-corrected chi connectivity index (χ1v) is 6.83. The molecule has 2 nitrogen and oxygen atoms in total. The molecule has 0 amide bonds. The lowest BCUT2D eigenvalue weighted by molar-refractivity contribution is -0.139. The molecule has 0 fully saturated rings. The van der Waals surface area contributed by atoms with E-state index < -0.39 is 26.5 Å². The molecule has 0 bridgehead atoms. The highest BCUT2D eigenvalue weighted by Crippen LogP contribution is 2.34. The molecule has 0 heterocycles.